The number of rotatable bonds is 2. The van der Waals surface area contributed by atoms with Crippen LogP contribution in [0.2, 0.25) is 0 Å². The topological polar surface area (TPSA) is 30.7 Å². The van der Waals surface area contributed by atoms with E-state index in [2.05, 4.69) is 132 Å². The zero-order valence-electron chi connectivity index (χ0n) is 24.2. The van der Waals surface area contributed by atoms with Gasteiger partial charge >= 0.3 is 0 Å². The largest absolute Gasteiger partial charge is 0.278 e. The summed E-state index contributed by atoms with van der Waals surface area (Å²) in [5.41, 5.74) is 4.39. The highest BCUT2D eigenvalue weighted by Gasteiger charge is 2.23. The standard InChI is InChI=1S/C40H21N3S3/c1-5-16-28-24(11-1)34-29(20-21-33-35(34)25-12-3-7-18-31(25)44-33)43(28)40-41-37(36-26-13-4-8-19-32(26)46-39(36)42-40)27-15-9-14-23-22-10-2-6-17-30(22)45-38(23)27/h1-21H. The quantitative estimate of drug-likeness (QED) is 0.188. The van der Waals surface area contributed by atoms with Crippen LogP contribution in [0, 0.1) is 0 Å². The zero-order chi connectivity index (χ0) is 29.9. The second-order valence-electron chi connectivity index (χ2n) is 11.7. The Morgan fingerprint density at radius 1 is 0.413 bits per heavy atom. The minimum Gasteiger partial charge on any atom is -0.278 e. The summed E-state index contributed by atoms with van der Waals surface area (Å²) in [4.78, 5) is 11.9. The molecule has 0 aliphatic rings. The van der Waals surface area contributed by atoms with E-state index in [0.717, 1.165) is 32.5 Å². The number of thiophene rings is 3. The second-order valence-corrected chi connectivity index (χ2v) is 14.9. The molecule has 0 saturated heterocycles. The van der Waals surface area contributed by atoms with Crippen LogP contribution in [-0.2, 0) is 0 Å². The fourth-order valence-electron chi connectivity index (χ4n) is 7.33. The van der Waals surface area contributed by atoms with E-state index in [9.17, 15) is 0 Å². The van der Waals surface area contributed by atoms with Crippen molar-refractivity contribution in [2.24, 2.45) is 0 Å². The van der Waals surface area contributed by atoms with Crippen molar-refractivity contribution in [3.63, 3.8) is 0 Å². The molecule has 0 spiro atoms. The SMILES string of the molecule is c1ccc2c(c1)sc1c(-c3nc(-n4c5ccccc5c5c6c(ccc54)sc4ccccc46)nc4sc5ccccc5c34)cccc12. The third-order valence-corrected chi connectivity index (χ3v) is 12.7. The van der Waals surface area contributed by atoms with Crippen molar-refractivity contribution < 1.29 is 0 Å². The van der Waals surface area contributed by atoms with Crippen LogP contribution in [0.15, 0.2) is 127 Å². The number of hydrogen-bond acceptors (Lipinski definition) is 5. The van der Waals surface area contributed by atoms with Gasteiger partial charge in [0.05, 0.1) is 16.7 Å². The highest BCUT2D eigenvalue weighted by molar-refractivity contribution is 7.27. The first-order valence-electron chi connectivity index (χ1n) is 15.3. The van der Waals surface area contributed by atoms with Gasteiger partial charge in [0.1, 0.15) is 4.83 Å². The lowest BCUT2D eigenvalue weighted by atomic mass is 10.0. The second kappa shape index (κ2) is 9.21. The molecule has 6 heteroatoms. The van der Waals surface area contributed by atoms with E-state index in [1.54, 1.807) is 11.3 Å². The molecule has 214 valence electrons. The van der Waals surface area contributed by atoms with E-state index in [0.29, 0.717) is 5.95 Å². The van der Waals surface area contributed by atoms with Crippen LogP contribution in [-0.4, -0.2) is 14.5 Å². The van der Waals surface area contributed by atoms with E-state index in [-0.39, 0.29) is 0 Å². The number of benzene rings is 6. The number of para-hydroxylation sites is 1. The van der Waals surface area contributed by atoms with Crippen molar-refractivity contribution in [2.45, 2.75) is 0 Å². The van der Waals surface area contributed by atoms with E-state index in [4.69, 9.17) is 9.97 Å². The molecule has 5 heterocycles. The van der Waals surface area contributed by atoms with Crippen molar-refractivity contribution in [1.29, 1.82) is 0 Å². The summed E-state index contributed by atoms with van der Waals surface area (Å²) in [5, 5.41) is 9.99. The number of nitrogens with zero attached hydrogens (tertiary/aromatic N) is 3. The Hall–Kier alpha value is -5.14. The van der Waals surface area contributed by atoms with Crippen molar-refractivity contribution in [3.8, 4) is 17.2 Å². The van der Waals surface area contributed by atoms with Gasteiger partial charge in [-0.15, -0.1) is 34.0 Å². The smallest absolute Gasteiger partial charge is 0.236 e. The maximum Gasteiger partial charge on any atom is 0.236 e. The Labute approximate surface area is 274 Å². The van der Waals surface area contributed by atoms with Gasteiger partial charge in [0.25, 0.3) is 0 Å². The normalized spacial score (nSPS) is 12.3. The molecule has 0 saturated carbocycles. The van der Waals surface area contributed by atoms with E-state index < -0.39 is 0 Å². The molecule has 0 atom stereocenters. The fourth-order valence-corrected chi connectivity index (χ4v) is 10.7. The molecule has 6 aromatic carbocycles. The molecular formula is C40H21N3S3. The number of hydrogen-bond donors (Lipinski definition) is 0. The lowest BCUT2D eigenvalue weighted by molar-refractivity contribution is 1.02. The predicted octanol–water partition coefficient (Wildman–Crippen LogP) is 12.3. The van der Waals surface area contributed by atoms with Crippen molar-refractivity contribution in [3.05, 3.63) is 127 Å². The Kier molecular flexibility index (Phi) is 5.02. The Balaban J connectivity index is 1.31. The molecule has 0 N–H and O–H groups in total. The van der Waals surface area contributed by atoms with Gasteiger partial charge in [-0.25, -0.2) is 9.97 Å². The van der Waals surface area contributed by atoms with Crippen LogP contribution in [0.4, 0.5) is 0 Å². The van der Waals surface area contributed by atoms with Gasteiger partial charge in [0.15, 0.2) is 0 Å². The lowest BCUT2D eigenvalue weighted by Gasteiger charge is -2.11. The molecule has 0 fully saturated rings. The van der Waals surface area contributed by atoms with Crippen LogP contribution in [0.5, 0.6) is 0 Å². The zero-order valence-corrected chi connectivity index (χ0v) is 26.6. The maximum atomic E-state index is 5.55. The van der Waals surface area contributed by atoms with Gasteiger partial charge in [0, 0.05) is 72.2 Å². The molecule has 0 unspecified atom stereocenters. The predicted molar refractivity (Wildman–Crippen MR) is 200 cm³/mol. The number of aromatic nitrogens is 3. The third-order valence-electron chi connectivity index (χ3n) is 9.26. The minimum absolute atomic E-state index is 0.706. The monoisotopic (exact) mass is 639 g/mol. The Bertz CT molecular complexity index is 3050. The molecule has 0 bridgehead atoms. The molecular weight excluding hydrogens is 619 g/mol. The fraction of sp³-hybridized carbons (Fsp3) is 0. The highest BCUT2D eigenvalue weighted by atomic mass is 32.1. The average Bonchev–Trinajstić information content (AvgIpc) is 3.86. The minimum atomic E-state index is 0.706. The summed E-state index contributed by atoms with van der Waals surface area (Å²) in [6.07, 6.45) is 0. The third kappa shape index (κ3) is 3.30. The van der Waals surface area contributed by atoms with Gasteiger partial charge in [-0.3, -0.25) is 4.57 Å². The van der Waals surface area contributed by atoms with E-state index >= 15 is 0 Å². The summed E-state index contributed by atoms with van der Waals surface area (Å²) in [7, 11) is 0. The molecule has 46 heavy (non-hydrogen) atoms. The summed E-state index contributed by atoms with van der Waals surface area (Å²) in [6.45, 7) is 0. The summed E-state index contributed by atoms with van der Waals surface area (Å²) in [6, 6.07) is 46.0. The van der Waals surface area contributed by atoms with Crippen molar-refractivity contribution >= 4 is 116 Å². The van der Waals surface area contributed by atoms with Crippen LogP contribution < -0.4 is 0 Å². The molecule has 5 aromatic heterocycles. The first-order valence-corrected chi connectivity index (χ1v) is 17.7. The Morgan fingerprint density at radius 2 is 1.07 bits per heavy atom. The van der Waals surface area contributed by atoms with Crippen molar-refractivity contribution in [1.82, 2.24) is 14.5 Å². The first-order chi connectivity index (χ1) is 22.8. The first kappa shape index (κ1) is 25.1. The van der Waals surface area contributed by atoms with Crippen LogP contribution in [0.1, 0.15) is 0 Å². The Morgan fingerprint density at radius 3 is 1.89 bits per heavy atom. The summed E-state index contributed by atoms with van der Waals surface area (Å²) < 4.78 is 8.67. The van der Waals surface area contributed by atoms with Gasteiger partial charge in [-0.2, -0.15) is 0 Å². The number of fused-ring (bicyclic) bond motifs is 13. The van der Waals surface area contributed by atoms with Crippen LogP contribution in [0.3, 0.4) is 0 Å². The lowest BCUT2D eigenvalue weighted by Crippen LogP contribution is -2.02. The molecule has 3 nitrogen and oxygen atoms in total. The van der Waals surface area contributed by atoms with Gasteiger partial charge in [0.2, 0.25) is 5.95 Å². The van der Waals surface area contributed by atoms with E-state index in [1.807, 2.05) is 22.7 Å². The summed E-state index contributed by atoms with van der Waals surface area (Å²) in [5.74, 6) is 0.706. The molecule has 0 amide bonds. The molecule has 11 rings (SSSR count). The van der Waals surface area contributed by atoms with Gasteiger partial charge < -0.3 is 0 Å². The molecule has 0 aliphatic heterocycles. The molecule has 0 aliphatic carbocycles. The van der Waals surface area contributed by atoms with E-state index in [1.165, 1.54) is 61.2 Å². The maximum absolute atomic E-state index is 5.55. The van der Waals surface area contributed by atoms with Gasteiger partial charge in [-0.1, -0.05) is 91.0 Å². The molecule has 11 aromatic rings. The molecule has 0 radical (unpaired) electrons. The van der Waals surface area contributed by atoms with Crippen molar-refractivity contribution in [2.75, 3.05) is 0 Å². The van der Waals surface area contributed by atoms with Crippen LogP contribution in [0.25, 0.3) is 99.7 Å². The average molecular weight is 640 g/mol. The highest BCUT2D eigenvalue weighted by Crippen LogP contribution is 2.46. The van der Waals surface area contributed by atoms with Crippen LogP contribution >= 0.6 is 34.0 Å². The summed E-state index contributed by atoms with van der Waals surface area (Å²) >= 11 is 5.46. The van der Waals surface area contributed by atoms with Gasteiger partial charge in [-0.05, 0) is 36.4 Å².